The lowest BCUT2D eigenvalue weighted by molar-refractivity contribution is -0.224. The van der Waals surface area contributed by atoms with E-state index in [1.54, 1.807) is 13.2 Å². The largest absolute Gasteiger partial charge is 0.507 e. The van der Waals surface area contributed by atoms with Gasteiger partial charge in [0.05, 0.1) is 24.7 Å². The number of phenolic OH excluding ortho intramolecular Hbond substituents is 1. The molecule has 0 aromatic heterocycles. The maximum atomic E-state index is 14.7. The molecule has 1 aromatic rings. The highest BCUT2D eigenvalue weighted by Gasteiger charge is 2.85. The van der Waals surface area contributed by atoms with Crippen LogP contribution in [0.4, 0.5) is 0 Å². The third-order valence-electron chi connectivity index (χ3n) is 9.31. The lowest BCUT2D eigenvalue weighted by Crippen LogP contribution is -2.80. The molecule has 1 N–H and O–H groups in total. The van der Waals surface area contributed by atoms with Crippen molar-refractivity contribution in [2.45, 2.75) is 82.7 Å². The predicted octanol–water partition coefficient (Wildman–Crippen LogP) is 4.93. The number of Topliss-reactive ketones (excluding diaryl/α,β-unsaturated/α-hetero) is 2. The van der Waals surface area contributed by atoms with Crippen molar-refractivity contribution in [2.24, 2.45) is 17.8 Å². The zero-order valence-electron chi connectivity index (χ0n) is 23.1. The van der Waals surface area contributed by atoms with Crippen LogP contribution in [0.15, 0.2) is 30.4 Å². The molecule has 1 aromatic carbocycles. The van der Waals surface area contributed by atoms with Crippen LogP contribution in [0.1, 0.15) is 70.3 Å². The summed E-state index contributed by atoms with van der Waals surface area (Å²) in [7, 11) is 3.01. The van der Waals surface area contributed by atoms with Crippen molar-refractivity contribution in [3.63, 3.8) is 0 Å². The summed E-state index contributed by atoms with van der Waals surface area (Å²) in [5.74, 6) is -1.42. The molecule has 37 heavy (non-hydrogen) atoms. The molecule has 7 nitrogen and oxygen atoms in total. The number of benzene rings is 1. The fourth-order valence-corrected chi connectivity index (χ4v) is 7.67. The van der Waals surface area contributed by atoms with Crippen LogP contribution in [0.5, 0.6) is 17.2 Å². The summed E-state index contributed by atoms with van der Waals surface area (Å²) in [6.45, 7) is 15.7. The molecule has 6 rings (SSSR count). The van der Waals surface area contributed by atoms with Crippen molar-refractivity contribution >= 4 is 11.6 Å². The van der Waals surface area contributed by atoms with Crippen LogP contribution in [0.25, 0.3) is 0 Å². The van der Waals surface area contributed by atoms with E-state index in [9.17, 15) is 14.7 Å². The summed E-state index contributed by atoms with van der Waals surface area (Å²) < 4.78 is 25.4. The molecule has 0 radical (unpaired) electrons. The Balaban J connectivity index is 1.90. The highest BCUT2D eigenvalue weighted by molar-refractivity contribution is 6.09. The predicted molar refractivity (Wildman–Crippen MR) is 138 cm³/mol. The summed E-state index contributed by atoms with van der Waals surface area (Å²) in [5.41, 5.74) is -2.43. The molecule has 3 saturated carbocycles. The Kier molecular flexibility index (Phi) is 5.57. The van der Waals surface area contributed by atoms with Gasteiger partial charge in [0.25, 0.3) is 0 Å². The van der Waals surface area contributed by atoms with Crippen molar-refractivity contribution < 1.29 is 33.6 Å². The Hall–Kier alpha value is -2.64. The first-order valence-electron chi connectivity index (χ1n) is 13.0. The smallest absolute Gasteiger partial charge is 0.180 e. The number of aromatic hydroxyl groups is 1. The second-order valence-electron chi connectivity index (χ2n) is 12.3. The van der Waals surface area contributed by atoms with Gasteiger partial charge in [-0.25, -0.2) is 0 Å². The Labute approximate surface area is 218 Å². The van der Waals surface area contributed by atoms with Crippen molar-refractivity contribution in [3.8, 4) is 17.2 Å². The van der Waals surface area contributed by atoms with Crippen LogP contribution < -0.4 is 9.47 Å². The fraction of sp³-hybridized carbons (Fsp3) is 0.600. The maximum absolute atomic E-state index is 14.7. The Morgan fingerprint density at radius 1 is 1.27 bits per heavy atom. The molecule has 5 aliphatic rings. The monoisotopic (exact) mass is 510 g/mol. The third kappa shape index (κ3) is 3.01. The van der Waals surface area contributed by atoms with Crippen molar-refractivity contribution in [1.29, 1.82) is 0 Å². The van der Waals surface area contributed by atoms with E-state index in [1.807, 2.05) is 47.6 Å². The molecule has 2 aliphatic heterocycles. The number of rotatable bonds is 6. The second-order valence-corrected chi connectivity index (χ2v) is 12.3. The molecule has 6 atom stereocenters. The van der Waals surface area contributed by atoms with Gasteiger partial charge in [-0.2, -0.15) is 0 Å². The summed E-state index contributed by atoms with van der Waals surface area (Å²) in [5, 5.41) is 11.2. The molecule has 1 spiro atoms. The lowest BCUT2D eigenvalue weighted by atomic mass is 9.45. The molecule has 7 heteroatoms. The van der Waals surface area contributed by atoms with Crippen LogP contribution >= 0.6 is 0 Å². The number of methoxy groups -OCH3 is 2. The van der Waals surface area contributed by atoms with Gasteiger partial charge in [-0.3, -0.25) is 9.59 Å². The first kappa shape index (κ1) is 26.0. The molecule has 4 fully saturated rings. The van der Waals surface area contributed by atoms with Gasteiger partial charge in [-0.1, -0.05) is 31.6 Å². The topological polar surface area (TPSA) is 91.3 Å². The van der Waals surface area contributed by atoms with E-state index in [-0.39, 0.29) is 46.7 Å². The van der Waals surface area contributed by atoms with Crippen LogP contribution in [0.3, 0.4) is 0 Å². The highest BCUT2D eigenvalue weighted by atomic mass is 16.6. The number of hydrogen-bond acceptors (Lipinski definition) is 7. The van der Waals surface area contributed by atoms with Crippen LogP contribution in [0, 0.1) is 17.8 Å². The number of ketones is 2. The minimum absolute atomic E-state index is 0.0619. The summed E-state index contributed by atoms with van der Waals surface area (Å²) in [6, 6.07) is 1.46. The molecule has 0 unspecified atom stereocenters. The fourth-order valence-electron chi connectivity index (χ4n) is 7.67. The van der Waals surface area contributed by atoms with E-state index in [4.69, 9.17) is 18.9 Å². The van der Waals surface area contributed by atoms with Gasteiger partial charge >= 0.3 is 0 Å². The number of hydrogen-bond donors (Lipinski definition) is 1. The third-order valence-corrected chi connectivity index (χ3v) is 9.31. The molecular weight excluding hydrogens is 472 g/mol. The second kappa shape index (κ2) is 7.93. The van der Waals surface area contributed by atoms with Gasteiger partial charge in [0.2, 0.25) is 0 Å². The van der Waals surface area contributed by atoms with E-state index in [2.05, 4.69) is 6.58 Å². The number of fused-ring (bicyclic) bond motifs is 1. The van der Waals surface area contributed by atoms with E-state index < -0.39 is 40.2 Å². The van der Waals surface area contributed by atoms with Gasteiger partial charge in [0.1, 0.15) is 22.8 Å². The van der Waals surface area contributed by atoms with Gasteiger partial charge in [-0.05, 0) is 34.1 Å². The zero-order valence-corrected chi connectivity index (χ0v) is 23.1. The summed E-state index contributed by atoms with van der Waals surface area (Å²) in [6.07, 6.45) is 3.83. The molecular formula is C30H38O7. The molecule has 3 aliphatic carbocycles. The number of ether oxygens (including phenoxy) is 4. The standard InChI is InChI=1S/C30H38O7/c1-10-27(4,5)21-17(31)14-18(34-8)20-23(32)22-24(35-9)16-13-19-28(6,7)37-29(26(16)33,12-11-15(2)3)30(19,22)36-25(20)21/h10-11,14,16,19,22,24,31H,1,12-13H2,2-9H3/t16-,19+,22+,24-,29+,30+/m1/s1. The van der Waals surface area contributed by atoms with Crippen LogP contribution in [0.2, 0.25) is 0 Å². The molecule has 4 bridgehead atoms. The van der Waals surface area contributed by atoms with Gasteiger partial charge in [0.15, 0.2) is 22.8 Å². The van der Waals surface area contributed by atoms with E-state index in [0.717, 1.165) is 5.57 Å². The Morgan fingerprint density at radius 3 is 2.51 bits per heavy atom. The Morgan fingerprint density at radius 2 is 1.95 bits per heavy atom. The number of carbonyl (C=O) groups excluding carboxylic acids is 2. The van der Waals surface area contributed by atoms with E-state index in [0.29, 0.717) is 12.0 Å². The maximum Gasteiger partial charge on any atom is 0.180 e. The first-order chi connectivity index (χ1) is 17.2. The van der Waals surface area contributed by atoms with Crippen LogP contribution in [-0.2, 0) is 19.7 Å². The average molecular weight is 511 g/mol. The quantitative estimate of drug-likeness (QED) is 0.543. The molecule has 2 heterocycles. The number of allylic oxidation sites excluding steroid dienone is 2. The normalized spacial score (nSPS) is 34.9. The van der Waals surface area contributed by atoms with Gasteiger partial charge in [0, 0.05) is 42.4 Å². The van der Waals surface area contributed by atoms with E-state index in [1.165, 1.54) is 13.2 Å². The van der Waals surface area contributed by atoms with Crippen molar-refractivity contribution in [2.75, 3.05) is 14.2 Å². The number of phenols is 1. The molecule has 0 amide bonds. The lowest BCUT2D eigenvalue weighted by Gasteiger charge is -2.62. The van der Waals surface area contributed by atoms with Gasteiger partial charge < -0.3 is 24.1 Å². The zero-order chi connectivity index (χ0) is 27.3. The first-order valence-corrected chi connectivity index (χ1v) is 13.0. The summed E-state index contributed by atoms with van der Waals surface area (Å²) >= 11 is 0. The molecule has 1 saturated heterocycles. The van der Waals surface area contributed by atoms with Crippen molar-refractivity contribution in [3.05, 3.63) is 41.5 Å². The SMILES string of the molecule is C=CC(C)(C)c1c(O)cc(OC)c2c1O[C@]13[C@@H](C2=O)[C@H](OC)[C@H]2C[C@H]1C(C)(C)O[C@@]3(CC=C(C)C)C2=O. The van der Waals surface area contributed by atoms with Crippen LogP contribution in [-0.4, -0.2) is 53.8 Å². The minimum Gasteiger partial charge on any atom is -0.507 e. The highest BCUT2D eigenvalue weighted by Crippen LogP contribution is 2.70. The molecule has 200 valence electrons. The summed E-state index contributed by atoms with van der Waals surface area (Å²) in [4.78, 5) is 29.0. The van der Waals surface area contributed by atoms with Gasteiger partial charge in [-0.15, -0.1) is 6.58 Å². The minimum atomic E-state index is -1.37. The van der Waals surface area contributed by atoms with E-state index >= 15 is 0 Å². The number of carbonyl (C=O) groups is 2. The Bertz CT molecular complexity index is 1240. The average Bonchev–Trinajstić information content (AvgIpc) is 2.97. The van der Waals surface area contributed by atoms with Crippen molar-refractivity contribution in [1.82, 2.24) is 0 Å².